The van der Waals surface area contributed by atoms with Gasteiger partial charge in [-0.1, -0.05) is 36.0 Å². The number of rotatable bonds is 3. The van der Waals surface area contributed by atoms with Gasteiger partial charge in [-0.3, -0.25) is 5.43 Å². The number of benzene rings is 2. The van der Waals surface area contributed by atoms with Crippen molar-refractivity contribution in [2.75, 3.05) is 12.5 Å². The van der Waals surface area contributed by atoms with Gasteiger partial charge in [0.1, 0.15) is 5.75 Å². The van der Waals surface area contributed by atoms with Crippen LogP contribution in [-0.2, 0) is 6.18 Å². The van der Waals surface area contributed by atoms with Crippen LogP contribution in [0.1, 0.15) is 11.1 Å². The standard InChI is InChI=1S/C18H13F3N4OS/c1-26-14-7-3-5-12(9-14)16-22-23-17-25(16)24-15(10-27-17)11-4-2-6-13(8-11)18(19,20)21/h2-10,24H,1H3. The van der Waals surface area contributed by atoms with Crippen molar-refractivity contribution in [3.63, 3.8) is 0 Å². The van der Waals surface area contributed by atoms with E-state index in [0.717, 1.165) is 17.7 Å². The fourth-order valence-corrected chi connectivity index (χ4v) is 3.39. The Morgan fingerprint density at radius 3 is 2.59 bits per heavy atom. The molecule has 0 spiro atoms. The molecule has 0 fully saturated rings. The van der Waals surface area contributed by atoms with Gasteiger partial charge in [-0.05, 0) is 24.3 Å². The zero-order chi connectivity index (χ0) is 19.0. The van der Waals surface area contributed by atoms with Crippen LogP contribution in [0.5, 0.6) is 5.75 Å². The van der Waals surface area contributed by atoms with E-state index in [4.69, 9.17) is 4.74 Å². The molecule has 0 bridgehead atoms. The Kier molecular flexibility index (Phi) is 4.31. The van der Waals surface area contributed by atoms with Crippen molar-refractivity contribution in [2.24, 2.45) is 0 Å². The van der Waals surface area contributed by atoms with E-state index >= 15 is 0 Å². The number of ether oxygens (including phenoxy) is 1. The lowest BCUT2D eigenvalue weighted by Gasteiger charge is -2.20. The van der Waals surface area contributed by atoms with Gasteiger partial charge in [0.25, 0.3) is 0 Å². The lowest BCUT2D eigenvalue weighted by Crippen LogP contribution is -2.18. The fraction of sp³-hybridized carbons (Fsp3) is 0.111. The molecule has 1 aliphatic heterocycles. The molecular weight excluding hydrogens is 377 g/mol. The van der Waals surface area contributed by atoms with Crippen LogP contribution in [0.3, 0.4) is 0 Å². The summed E-state index contributed by atoms with van der Waals surface area (Å²) >= 11 is 1.28. The van der Waals surface area contributed by atoms with Gasteiger partial charge in [0.15, 0.2) is 5.82 Å². The van der Waals surface area contributed by atoms with Gasteiger partial charge >= 0.3 is 6.18 Å². The van der Waals surface area contributed by atoms with E-state index in [1.807, 2.05) is 24.3 Å². The maximum absolute atomic E-state index is 13.0. The summed E-state index contributed by atoms with van der Waals surface area (Å²) in [5.41, 5.74) is 4.13. The first-order valence-corrected chi connectivity index (χ1v) is 8.75. The second-order valence-corrected chi connectivity index (χ2v) is 6.55. The zero-order valence-electron chi connectivity index (χ0n) is 14.0. The van der Waals surface area contributed by atoms with Crippen LogP contribution in [0.15, 0.2) is 59.1 Å². The molecule has 3 aromatic rings. The molecule has 2 aromatic carbocycles. The van der Waals surface area contributed by atoms with Crippen LogP contribution in [0.2, 0.25) is 0 Å². The van der Waals surface area contributed by atoms with Crippen LogP contribution in [0, 0.1) is 0 Å². The van der Waals surface area contributed by atoms with Crippen molar-refractivity contribution < 1.29 is 17.9 Å². The highest BCUT2D eigenvalue weighted by Gasteiger charge is 2.31. The van der Waals surface area contributed by atoms with Gasteiger partial charge in [-0.15, -0.1) is 10.2 Å². The Morgan fingerprint density at radius 1 is 1.04 bits per heavy atom. The first-order valence-electron chi connectivity index (χ1n) is 7.87. The molecule has 0 unspecified atom stereocenters. The molecule has 2 heterocycles. The summed E-state index contributed by atoms with van der Waals surface area (Å²) in [6, 6.07) is 12.5. The minimum absolute atomic E-state index is 0.424. The smallest absolute Gasteiger partial charge is 0.416 e. The largest absolute Gasteiger partial charge is 0.497 e. The molecule has 0 radical (unpaired) electrons. The summed E-state index contributed by atoms with van der Waals surface area (Å²) in [5.74, 6) is 1.20. The number of aromatic nitrogens is 3. The van der Waals surface area contributed by atoms with Gasteiger partial charge in [0.2, 0.25) is 5.16 Å². The quantitative estimate of drug-likeness (QED) is 0.707. The highest BCUT2D eigenvalue weighted by molar-refractivity contribution is 8.02. The lowest BCUT2D eigenvalue weighted by molar-refractivity contribution is -0.137. The number of nitrogens with zero attached hydrogens (tertiary/aromatic N) is 3. The number of hydrogen-bond acceptors (Lipinski definition) is 5. The number of alkyl halides is 3. The van der Waals surface area contributed by atoms with E-state index in [-0.39, 0.29) is 0 Å². The second kappa shape index (κ2) is 6.66. The first-order chi connectivity index (χ1) is 13.0. The Bertz CT molecular complexity index is 1030. The van der Waals surface area contributed by atoms with E-state index in [9.17, 15) is 13.2 Å². The fourth-order valence-electron chi connectivity index (χ4n) is 2.65. The summed E-state index contributed by atoms with van der Waals surface area (Å²) in [4.78, 5) is 0. The number of fused-ring (bicyclic) bond motifs is 1. The number of thioether (sulfide) groups is 1. The van der Waals surface area contributed by atoms with Crippen molar-refractivity contribution in [1.82, 2.24) is 14.9 Å². The molecule has 1 aromatic heterocycles. The predicted molar refractivity (Wildman–Crippen MR) is 96.6 cm³/mol. The minimum atomic E-state index is -4.40. The third kappa shape index (κ3) is 3.37. The topological polar surface area (TPSA) is 52.0 Å². The van der Waals surface area contributed by atoms with Gasteiger partial charge in [-0.2, -0.15) is 13.2 Å². The molecule has 0 aliphatic carbocycles. The summed E-state index contributed by atoms with van der Waals surface area (Å²) in [6.45, 7) is 0. The molecule has 1 aliphatic rings. The van der Waals surface area contributed by atoms with Crippen LogP contribution >= 0.6 is 11.8 Å². The third-order valence-corrected chi connectivity index (χ3v) is 4.81. The monoisotopic (exact) mass is 390 g/mol. The van der Waals surface area contributed by atoms with Crippen LogP contribution < -0.4 is 10.2 Å². The predicted octanol–water partition coefficient (Wildman–Crippen LogP) is 4.62. The number of hydrogen-bond donors (Lipinski definition) is 1. The maximum atomic E-state index is 13.0. The molecule has 0 saturated heterocycles. The van der Waals surface area contributed by atoms with E-state index in [1.165, 1.54) is 17.8 Å². The Balaban J connectivity index is 1.68. The van der Waals surface area contributed by atoms with Crippen LogP contribution in [0.25, 0.3) is 17.1 Å². The average molecular weight is 390 g/mol. The van der Waals surface area contributed by atoms with E-state index in [2.05, 4.69) is 15.6 Å². The summed E-state index contributed by atoms with van der Waals surface area (Å²) in [7, 11) is 1.57. The molecule has 5 nitrogen and oxygen atoms in total. The van der Waals surface area contributed by atoms with Crippen molar-refractivity contribution in [3.05, 3.63) is 65.1 Å². The number of halogens is 3. The Hall–Kier alpha value is -2.94. The first kappa shape index (κ1) is 17.5. The molecule has 9 heteroatoms. The van der Waals surface area contributed by atoms with Crippen molar-refractivity contribution in [2.45, 2.75) is 11.3 Å². The molecule has 138 valence electrons. The Labute approximate surface area is 156 Å². The molecule has 0 saturated carbocycles. The molecule has 0 amide bonds. The SMILES string of the molecule is COc1cccc(-c2nnc3n2NC(c2cccc(C(F)(F)F)c2)=CS3)c1. The Morgan fingerprint density at radius 2 is 1.81 bits per heavy atom. The van der Waals surface area contributed by atoms with E-state index in [1.54, 1.807) is 23.3 Å². The van der Waals surface area contributed by atoms with Crippen molar-refractivity contribution >= 4 is 17.5 Å². The highest BCUT2D eigenvalue weighted by atomic mass is 32.2. The number of methoxy groups -OCH3 is 1. The average Bonchev–Trinajstić information content (AvgIpc) is 3.10. The molecule has 27 heavy (non-hydrogen) atoms. The van der Waals surface area contributed by atoms with Gasteiger partial charge in [0.05, 0.1) is 18.4 Å². The van der Waals surface area contributed by atoms with Crippen LogP contribution in [0.4, 0.5) is 13.2 Å². The van der Waals surface area contributed by atoms with E-state index in [0.29, 0.717) is 28.0 Å². The van der Waals surface area contributed by atoms with E-state index < -0.39 is 11.7 Å². The minimum Gasteiger partial charge on any atom is -0.497 e. The maximum Gasteiger partial charge on any atom is 0.416 e. The van der Waals surface area contributed by atoms with Gasteiger partial charge < -0.3 is 4.74 Å². The van der Waals surface area contributed by atoms with Gasteiger partial charge in [-0.25, -0.2) is 4.68 Å². The van der Waals surface area contributed by atoms with Crippen LogP contribution in [-0.4, -0.2) is 22.0 Å². The summed E-state index contributed by atoms with van der Waals surface area (Å²) < 4.78 is 45.9. The lowest BCUT2D eigenvalue weighted by atomic mass is 10.1. The normalized spacial score (nSPS) is 13.6. The molecule has 1 N–H and O–H groups in total. The summed E-state index contributed by atoms with van der Waals surface area (Å²) in [6.07, 6.45) is -4.40. The van der Waals surface area contributed by atoms with Crippen molar-refractivity contribution in [1.29, 1.82) is 0 Å². The number of nitrogens with one attached hydrogen (secondary N) is 1. The van der Waals surface area contributed by atoms with Crippen molar-refractivity contribution in [3.8, 4) is 17.1 Å². The molecule has 0 atom stereocenters. The van der Waals surface area contributed by atoms with Gasteiger partial charge in [0, 0.05) is 16.5 Å². The second-order valence-electron chi connectivity index (χ2n) is 5.71. The third-order valence-electron chi connectivity index (χ3n) is 3.98. The summed E-state index contributed by atoms with van der Waals surface area (Å²) in [5, 5.41) is 10.6. The molecular formula is C18H13F3N4OS. The molecule has 4 rings (SSSR count). The highest BCUT2D eigenvalue weighted by Crippen LogP contribution is 2.34. The zero-order valence-corrected chi connectivity index (χ0v) is 14.8.